The number of thiophene rings is 1. The van der Waals surface area contributed by atoms with Gasteiger partial charge in [-0.15, -0.1) is 11.3 Å². The summed E-state index contributed by atoms with van der Waals surface area (Å²) in [6.07, 6.45) is 0. The summed E-state index contributed by atoms with van der Waals surface area (Å²) in [6, 6.07) is 46.9. The molecule has 190 valence electrons. The quantitative estimate of drug-likeness (QED) is 0.216. The van der Waals surface area contributed by atoms with Crippen LogP contribution >= 0.6 is 22.9 Å². The Morgan fingerprint density at radius 1 is 0.500 bits per heavy atom. The Labute approximate surface area is 240 Å². The van der Waals surface area contributed by atoms with Crippen molar-refractivity contribution in [3.8, 4) is 11.1 Å². The molecule has 2 aromatic heterocycles. The van der Waals surface area contributed by atoms with Crippen molar-refractivity contribution in [1.29, 1.82) is 0 Å². The van der Waals surface area contributed by atoms with E-state index in [1.165, 1.54) is 20.2 Å². The summed E-state index contributed by atoms with van der Waals surface area (Å²) in [5, 5.41) is 5.31. The summed E-state index contributed by atoms with van der Waals surface area (Å²) in [5.41, 5.74) is 7.03. The van der Waals surface area contributed by atoms with Gasteiger partial charge in [0.2, 0.25) is 0 Å². The first-order valence-corrected chi connectivity index (χ1v) is 14.4. The Kier molecular flexibility index (Phi) is 5.41. The van der Waals surface area contributed by atoms with Crippen LogP contribution in [-0.4, -0.2) is 0 Å². The smallest absolute Gasteiger partial charge is 0.154 e. The van der Waals surface area contributed by atoms with Crippen LogP contribution in [0.2, 0.25) is 5.02 Å². The number of furan rings is 1. The first-order chi connectivity index (χ1) is 19.7. The van der Waals surface area contributed by atoms with Crippen LogP contribution in [0.5, 0.6) is 0 Å². The number of hydrogen-bond acceptors (Lipinski definition) is 3. The molecule has 8 rings (SSSR count). The average molecular weight is 552 g/mol. The molecule has 0 N–H and O–H groups in total. The zero-order valence-electron chi connectivity index (χ0n) is 21.3. The lowest BCUT2D eigenvalue weighted by atomic mass is 10.0. The Balaban J connectivity index is 1.29. The van der Waals surface area contributed by atoms with Crippen molar-refractivity contribution in [3.63, 3.8) is 0 Å². The van der Waals surface area contributed by atoms with Gasteiger partial charge in [-0.1, -0.05) is 84.4 Å². The van der Waals surface area contributed by atoms with Gasteiger partial charge in [0.15, 0.2) is 5.58 Å². The average Bonchev–Trinajstić information content (AvgIpc) is 3.57. The third-order valence-corrected chi connectivity index (χ3v) is 8.92. The molecule has 2 heterocycles. The van der Waals surface area contributed by atoms with Gasteiger partial charge in [0.05, 0.1) is 5.02 Å². The molecule has 6 aromatic carbocycles. The van der Waals surface area contributed by atoms with Crippen molar-refractivity contribution in [2.45, 2.75) is 0 Å². The molecule has 0 saturated heterocycles. The molecule has 0 aliphatic carbocycles. The highest BCUT2D eigenvalue weighted by atomic mass is 35.5. The lowest BCUT2D eigenvalue weighted by Crippen LogP contribution is -2.09. The molecule has 8 aromatic rings. The molecule has 0 atom stereocenters. The molecule has 0 radical (unpaired) electrons. The van der Waals surface area contributed by atoms with E-state index in [2.05, 4.69) is 114 Å². The lowest BCUT2D eigenvalue weighted by molar-refractivity contribution is 0.669. The normalized spacial score (nSPS) is 11.6. The molecule has 40 heavy (non-hydrogen) atoms. The van der Waals surface area contributed by atoms with Crippen LogP contribution in [0, 0.1) is 0 Å². The monoisotopic (exact) mass is 551 g/mol. The van der Waals surface area contributed by atoms with E-state index in [9.17, 15) is 0 Å². The van der Waals surface area contributed by atoms with Gasteiger partial charge >= 0.3 is 0 Å². The Hall–Kier alpha value is -4.57. The van der Waals surface area contributed by atoms with Crippen molar-refractivity contribution in [3.05, 3.63) is 138 Å². The van der Waals surface area contributed by atoms with E-state index in [4.69, 9.17) is 16.0 Å². The maximum atomic E-state index is 6.76. The summed E-state index contributed by atoms with van der Waals surface area (Å²) >= 11 is 8.60. The summed E-state index contributed by atoms with van der Waals surface area (Å²) in [4.78, 5) is 2.32. The van der Waals surface area contributed by atoms with Gasteiger partial charge in [0.25, 0.3) is 0 Å². The predicted octanol–water partition coefficient (Wildman–Crippen LogP) is 11.7. The fourth-order valence-corrected chi connectivity index (χ4v) is 7.05. The maximum absolute atomic E-state index is 6.76. The number of rotatable bonds is 4. The highest BCUT2D eigenvalue weighted by molar-refractivity contribution is 7.25. The van der Waals surface area contributed by atoms with Gasteiger partial charge in [-0.2, -0.15) is 0 Å². The van der Waals surface area contributed by atoms with Crippen LogP contribution in [0.1, 0.15) is 0 Å². The fraction of sp³-hybridized carbons (Fsp3) is 0. The molecule has 0 saturated carbocycles. The van der Waals surface area contributed by atoms with Gasteiger partial charge < -0.3 is 9.32 Å². The third-order valence-electron chi connectivity index (χ3n) is 7.51. The molecule has 0 aliphatic rings. The fourth-order valence-electron chi connectivity index (χ4n) is 5.65. The highest BCUT2D eigenvalue weighted by Crippen LogP contribution is 2.42. The summed E-state index contributed by atoms with van der Waals surface area (Å²) in [7, 11) is 0. The number of benzene rings is 6. The Morgan fingerprint density at radius 2 is 1.23 bits per heavy atom. The first kappa shape index (κ1) is 23.3. The Bertz CT molecular complexity index is 2190. The van der Waals surface area contributed by atoms with Gasteiger partial charge in [-0.3, -0.25) is 0 Å². The standard InChI is InChI=1S/C36H22ClNOS/c37-32-21-24(20-31-28-13-4-6-15-33(28)39-36(31)32)23-9-8-12-26(19-23)38(25-10-2-1-3-11-25)27-17-18-30-29-14-5-7-16-34(29)40-35(30)22-27/h1-22H. The largest absolute Gasteiger partial charge is 0.454 e. The lowest BCUT2D eigenvalue weighted by Gasteiger charge is -2.26. The topological polar surface area (TPSA) is 16.4 Å². The van der Waals surface area contributed by atoms with Crippen molar-refractivity contribution in [1.82, 2.24) is 0 Å². The zero-order chi connectivity index (χ0) is 26.6. The molecular weight excluding hydrogens is 530 g/mol. The van der Waals surface area contributed by atoms with E-state index in [1.54, 1.807) is 0 Å². The summed E-state index contributed by atoms with van der Waals surface area (Å²) in [5.74, 6) is 0. The van der Waals surface area contributed by atoms with E-state index in [-0.39, 0.29) is 0 Å². The van der Waals surface area contributed by atoms with Crippen molar-refractivity contribution >= 4 is 82.1 Å². The highest BCUT2D eigenvalue weighted by Gasteiger charge is 2.17. The summed E-state index contributed by atoms with van der Waals surface area (Å²) in [6.45, 7) is 0. The van der Waals surface area contributed by atoms with E-state index < -0.39 is 0 Å². The Morgan fingerprint density at radius 3 is 2.12 bits per heavy atom. The third kappa shape index (κ3) is 3.78. The molecule has 0 spiro atoms. The van der Waals surface area contributed by atoms with E-state index >= 15 is 0 Å². The van der Waals surface area contributed by atoms with Crippen molar-refractivity contribution in [2.24, 2.45) is 0 Å². The van der Waals surface area contributed by atoms with Gasteiger partial charge in [-0.25, -0.2) is 0 Å². The molecule has 4 heteroatoms. The first-order valence-electron chi connectivity index (χ1n) is 13.2. The number of fused-ring (bicyclic) bond motifs is 6. The molecular formula is C36H22ClNOS. The van der Waals surface area contributed by atoms with Crippen molar-refractivity contribution in [2.75, 3.05) is 4.90 Å². The van der Waals surface area contributed by atoms with Crippen LogP contribution in [0.3, 0.4) is 0 Å². The number of para-hydroxylation sites is 2. The number of nitrogens with zero attached hydrogens (tertiary/aromatic N) is 1. The maximum Gasteiger partial charge on any atom is 0.154 e. The molecule has 0 amide bonds. The number of halogens is 1. The van der Waals surface area contributed by atoms with Crippen LogP contribution in [0.4, 0.5) is 17.1 Å². The molecule has 2 nitrogen and oxygen atoms in total. The van der Waals surface area contributed by atoms with E-state index in [1.807, 2.05) is 35.6 Å². The second kappa shape index (κ2) is 9.27. The zero-order valence-corrected chi connectivity index (χ0v) is 22.9. The number of anilines is 3. The molecule has 0 unspecified atom stereocenters. The van der Waals surface area contributed by atoms with Gasteiger partial charge in [0.1, 0.15) is 5.58 Å². The molecule has 0 fully saturated rings. The van der Waals surface area contributed by atoms with E-state index in [0.717, 1.165) is 50.1 Å². The second-order valence-electron chi connectivity index (χ2n) is 9.93. The minimum atomic E-state index is 0.615. The van der Waals surface area contributed by atoms with Crippen molar-refractivity contribution < 1.29 is 4.42 Å². The molecule has 0 aliphatic heterocycles. The van der Waals surface area contributed by atoms with Crippen LogP contribution in [0.15, 0.2) is 138 Å². The van der Waals surface area contributed by atoms with E-state index in [0.29, 0.717) is 5.02 Å². The molecule has 0 bridgehead atoms. The predicted molar refractivity (Wildman–Crippen MR) is 172 cm³/mol. The summed E-state index contributed by atoms with van der Waals surface area (Å²) < 4.78 is 8.65. The van der Waals surface area contributed by atoms with Gasteiger partial charge in [0, 0.05) is 48.0 Å². The second-order valence-corrected chi connectivity index (χ2v) is 11.4. The SMILES string of the molecule is Clc1cc(-c2cccc(N(c3ccccc3)c3ccc4c(c3)sc3ccccc34)c2)cc2c1oc1ccccc12. The van der Waals surface area contributed by atoms with Crippen LogP contribution < -0.4 is 4.90 Å². The minimum absolute atomic E-state index is 0.615. The van der Waals surface area contributed by atoms with Crippen LogP contribution in [-0.2, 0) is 0 Å². The van der Waals surface area contributed by atoms with Gasteiger partial charge in [-0.05, 0) is 71.8 Å². The van der Waals surface area contributed by atoms with Crippen LogP contribution in [0.25, 0.3) is 53.2 Å². The number of hydrogen-bond donors (Lipinski definition) is 0. The minimum Gasteiger partial charge on any atom is -0.454 e.